The summed E-state index contributed by atoms with van der Waals surface area (Å²) in [5.41, 5.74) is 4.90. The highest BCUT2D eigenvalue weighted by Gasteiger charge is 2.07. The number of benzene rings is 1. The fraction of sp³-hybridized carbons (Fsp3) is 0.400. The van der Waals surface area contributed by atoms with Crippen LogP contribution < -0.4 is 0 Å². The molecule has 0 aliphatic rings. The van der Waals surface area contributed by atoms with Crippen molar-refractivity contribution in [3.8, 4) is 0 Å². The van der Waals surface area contributed by atoms with Crippen LogP contribution in [-0.2, 0) is 19.3 Å². The number of hydrogen-bond acceptors (Lipinski definition) is 2. The van der Waals surface area contributed by atoms with Gasteiger partial charge in [-0.15, -0.1) is 0 Å². The minimum Gasteiger partial charge on any atom is -0.194 e. The number of isothiocyanates is 1. The van der Waals surface area contributed by atoms with Gasteiger partial charge >= 0.3 is 0 Å². The fourth-order valence-electron chi connectivity index (χ4n) is 1.93. The third-order valence-electron chi connectivity index (χ3n) is 2.84. The average Bonchev–Trinajstić information content (AvgIpc) is 2.37. The van der Waals surface area contributed by atoms with Crippen molar-refractivity contribution in [1.82, 2.24) is 0 Å². The highest BCUT2D eigenvalue weighted by molar-refractivity contribution is 7.78. The van der Waals surface area contributed by atoms with E-state index in [0.29, 0.717) is 0 Å². The summed E-state index contributed by atoms with van der Waals surface area (Å²) in [6, 6.07) is 4.45. The largest absolute Gasteiger partial charge is 0.194 e. The van der Waals surface area contributed by atoms with E-state index in [1.165, 1.54) is 16.7 Å². The topological polar surface area (TPSA) is 12.4 Å². The van der Waals surface area contributed by atoms with Gasteiger partial charge in [0.15, 0.2) is 0 Å². The van der Waals surface area contributed by atoms with Crippen LogP contribution in [0.5, 0.6) is 0 Å². The minimum absolute atomic E-state index is 0.979. The third kappa shape index (κ3) is 3.62. The second-order valence-corrected chi connectivity index (χ2v) is 4.13. The Morgan fingerprint density at radius 3 is 2.24 bits per heavy atom. The van der Waals surface area contributed by atoms with Gasteiger partial charge < -0.3 is 0 Å². The predicted molar refractivity (Wildman–Crippen MR) is 78.4 cm³/mol. The van der Waals surface area contributed by atoms with Crippen molar-refractivity contribution in [2.75, 3.05) is 0 Å². The summed E-state index contributed by atoms with van der Waals surface area (Å²) >= 11 is 4.72. The Morgan fingerprint density at radius 2 is 1.82 bits per heavy atom. The molecule has 0 aliphatic heterocycles. The van der Waals surface area contributed by atoms with Gasteiger partial charge in [-0.2, -0.15) is 4.99 Å². The molecule has 0 amide bonds. The first-order chi connectivity index (χ1) is 8.26. The van der Waals surface area contributed by atoms with Gasteiger partial charge in [-0.05, 0) is 55.1 Å². The molecule has 0 radical (unpaired) electrons. The van der Waals surface area contributed by atoms with Crippen molar-refractivity contribution < 1.29 is 0 Å². The van der Waals surface area contributed by atoms with E-state index in [1.807, 2.05) is 6.92 Å². The van der Waals surface area contributed by atoms with Crippen LogP contribution in [0.1, 0.15) is 37.5 Å². The number of aliphatic imine (C=N–C) groups is 1. The average molecular weight is 245 g/mol. The lowest BCUT2D eigenvalue weighted by molar-refractivity contribution is 1.06. The molecule has 90 valence electrons. The summed E-state index contributed by atoms with van der Waals surface area (Å²) < 4.78 is 0. The van der Waals surface area contributed by atoms with E-state index < -0.39 is 0 Å². The van der Waals surface area contributed by atoms with E-state index in [0.717, 1.165) is 24.9 Å². The van der Waals surface area contributed by atoms with Crippen LogP contribution in [0.15, 0.2) is 29.3 Å². The SMILES string of the molecule is C/C=C/Cc1cc(CC)c(N=C=S)c(CC)c1. The van der Waals surface area contributed by atoms with Crippen LogP contribution in [0.2, 0.25) is 0 Å². The molecule has 1 aromatic carbocycles. The smallest absolute Gasteiger partial charge is 0.0803 e. The van der Waals surface area contributed by atoms with E-state index in [9.17, 15) is 0 Å². The first-order valence-corrected chi connectivity index (χ1v) is 6.51. The molecule has 0 bridgehead atoms. The minimum atomic E-state index is 0.979. The van der Waals surface area contributed by atoms with Crippen molar-refractivity contribution in [2.45, 2.75) is 40.0 Å². The first-order valence-electron chi connectivity index (χ1n) is 6.10. The maximum absolute atomic E-state index is 4.72. The molecule has 0 N–H and O–H groups in total. The lowest BCUT2D eigenvalue weighted by Crippen LogP contribution is -1.93. The summed E-state index contributed by atoms with van der Waals surface area (Å²) in [5, 5.41) is 2.49. The number of rotatable bonds is 5. The van der Waals surface area contributed by atoms with E-state index in [4.69, 9.17) is 12.2 Å². The van der Waals surface area contributed by atoms with Crippen LogP contribution in [0.25, 0.3) is 0 Å². The van der Waals surface area contributed by atoms with Crippen molar-refractivity contribution in [2.24, 2.45) is 4.99 Å². The molecule has 0 aromatic heterocycles. The molecular weight excluding hydrogens is 226 g/mol. The Balaban J connectivity index is 3.27. The van der Waals surface area contributed by atoms with Crippen molar-refractivity contribution >= 4 is 23.1 Å². The van der Waals surface area contributed by atoms with Gasteiger partial charge in [-0.3, -0.25) is 0 Å². The number of allylic oxidation sites excluding steroid dienone is 2. The summed E-state index contributed by atoms with van der Waals surface area (Å²) in [6.45, 7) is 6.35. The molecule has 2 heteroatoms. The number of hydrogen-bond donors (Lipinski definition) is 0. The molecular formula is C15H19NS. The van der Waals surface area contributed by atoms with Gasteiger partial charge in [0.25, 0.3) is 0 Å². The van der Waals surface area contributed by atoms with Gasteiger partial charge in [0, 0.05) is 0 Å². The molecule has 0 atom stereocenters. The van der Waals surface area contributed by atoms with Crippen LogP contribution in [0, 0.1) is 0 Å². The van der Waals surface area contributed by atoms with Gasteiger partial charge in [0.1, 0.15) is 0 Å². The maximum atomic E-state index is 4.72. The lowest BCUT2D eigenvalue weighted by atomic mass is 9.98. The van der Waals surface area contributed by atoms with Crippen LogP contribution >= 0.6 is 12.2 Å². The number of nitrogens with zero attached hydrogens (tertiary/aromatic N) is 1. The zero-order valence-corrected chi connectivity index (χ0v) is 11.6. The quantitative estimate of drug-likeness (QED) is 0.417. The molecule has 0 unspecified atom stereocenters. The summed E-state index contributed by atoms with van der Waals surface area (Å²) in [7, 11) is 0. The molecule has 17 heavy (non-hydrogen) atoms. The molecule has 1 rings (SSSR count). The predicted octanol–water partition coefficient (Wildman–Crippen LogP) is 4.66. The van der Waals surface area contributed by atoms with Crippen LogP contribution in [-0.4, -0.2) is 5.16 Å². The van der Waals surface area contributed by atoms with E-state index in [-0.39, 0.29) is 0 Å². The number of thiocarbonyl (C=S) groups is 1. The van der Waals surface area contributed by atoms with E-state index >= 15 is 0 Å². The lowest BCUT2D eigenvalue weighted by Gasteiger charge is -2.10. The summed E-state index contributed by atoms with van der Waals surface area (Å²) in [5.74, 6) is 0. The summed E-state index contributed by atoms with van der Waals surface area (Å²) in [4.78, 5) is 4.22. The molecule has 1 nitrogen and oxygen atoms in total. The highest BCUT2D eigenvalue weighted by Crippen LogP contribution is 2.27. The van der Waals surface area contributed by atoms with Crippen LogP contribution in [0.3, 0.4) is 0 Å². The molecule has 0 fully saturated rings. The normalized spacial score (nSPS) is 10.5. The van der Waals surface area contributed by atoms with Gasteiger partial charge in [0.05, 0.1) is 10.8 Å². The standard InChI is InChI=1S/C15H19NS/c1-4-7-8-12-9-13(5-2)15(16-11-17)14(6-3)10-12/h4,7,9-10H,5-6,8H2,1-3H3/b7-4+. The Morgan fingerprint density at radius 1 is 1.24 bits per heavy atom. The van der Waals surface area contributed by atoms with Gasteiger partial charge in [0.2, 0.25) is 0 Å². The van der Waals surface area contributed by atoms with Crippen molar-refractivity contribution in [3.63, 3.8) is 0 Å². The molecule has 0 aliphatic carbocycles. The zero-order chi connectivity index (χ0) is 12.7. The van der Waals surface area contributed by atoms with Gasteiger partial charge in [-0.1, -0.05) is 38.1 Å². The zero-order valence-electron chi connectivity index (χ0n) is 10.8. The van der Waals surface area contributed by atoms with E-state index in [1.54, 1.807) is 0 Å². The summed E-state index contributed by atoms with van der Waals surface area (Å²) in [6.07, 6.45) is 7.20. The Bertz CT molecular complexity index is 429. The highest BCUT2D eigenvalue weighted by atomic mass is 32.1. The molecule has 1 aromatic rings. The Kier molecular flexibility index (Phi) is 5.82. The monoisotopic (exact) mass is 245 g/mol. The molecule has 0 spiro atoms. The van der Waals surface area contributed by atoms with E-state index in [2.05, 4.69) is 48.3 Å². The third-order valence-corrected chi connectivity index (χ3v) is 2.93. The second kappa shape index (κ2) is 7.16. The molecule has 0 heterocycles. The van der Waals surface area contributed by atoms with Crippen LogP contribution in [0.4, 0.5) is 5.69 Å². The number of aryl methyl sites for hydroxylation is 2. The second-order valence-electron chi connectivity index (χ2n) is 3.95. The fourth-order valence-corrected chi connectivity index (χ4v) is 2.02. The Labute approximate surface area is 109 Å². The van der Waals surface area contributed by atoms with Crippen molar-refractivity contribution in [1.29, 1.82) is 0 Å². The molecule has 0 saturated heterocycles. The molecule has 0 saturated carbocycles. The maximum Gasteiger partial charge on any atom is 0.0803 e. The van der Waals surface area contributed by atoms with Crippen molar-refractivity contribution in [3.05, 3.63) is 41.0 Å². The first kappa shape index (κ1) is 13.8. The van der Waals surface area contributed by atoms with Gasteiger partial charge in [-0.25, -0.2) is 0 Å². The Hall–Kier alpha value is -1.24.